The minimum atomic E-state index is -0.509. The molecule has 4 aromatic rings. The lowest BCUT2D eigenvalue weighted by molar-refractivity contribution is 0.0506. The maximum atomic E-state index is 12.7. The Morgan fingerprint density at radius 1 is 0.375 bits per heavy atom. The third-order valence-corrected chi connectivity index (χ3v) is 7.89. The normalized spacial score (nSPS) is 10.8. The molecule has 4 rings (SSSR count). The van der Waals surface area contributed by atoms with Crippen LogP contribution in [0.5, 0.6) is 0 Å². The molecule has 0 bridgehead atoms. The first-order valence-electron chi connectivity index (χ1n) is 16.1. The molecule has 0 aliphatic heterocycles. The van der Waals surface area contributed by atoms with Gasteiger partial charge in [-0.3, -0.25) is 0 Å². The monoisotopic (exact) mass is 650 g/mol. The van der Waals surface area contributed by atoms with E-state index in [0.29, 0.717) is 11.1 Å². The van der Waals surface area contributed by atoms with Gasteiger partial charge in [0.2, 0.25) is 0 Å². The summed E-state index contributed by atoms with van der Waals surface area (Å²) in [6.45, 7) is 15.8. The van der Waals surface area contributed by atoms with E-state index in [1.807, 2.05) is 27.7 Å². The Morgan fingerprint density at radius 2 is 0.604 bits per heavy atom. The molecule has 0 spiro atoms. The zero-order valence-corrected chi connectivity index (χ0v) is 28.9. The first-order valence-corrected chi connectivity index (χ1v) is 16.1. The van der Waals surface area contributed by atoms with Crippen LogP contribution in [0.25, 0.3) is 33.4 Å². The molecule has 0 radical (unpaired) electrons. The zero-order valence-electron chi connectivity index (χ0n) is 28.9. The van der Waals surface area contributed by atoms with E-state index in [2.05, 4.69) is 24.3 Å². The molecule has 8 nitrogen and oxygen atoms in total. The average Bonchev–Trinajstić information content (AvgIpc) is 3.04. The van der Waals surface area contributed by atoms with Crippen molar-refractivity contribution in [1.29, 1.82) is 0 Å². The summed E-state index contributed by atoms with van der Waals surface area (Å²) >= 11 is 0. The molecule has 0 saturated heterocycles. The summed E-state index contributed by atoms with van der Waals surface area (Å²) in [5.74, 6) is -2.04. The van der Waals surface area contributed by atoms with Gasteiger partial charge in [0, 0.05) is 0 Å². The topological polar surface area (TPSA) is 105 Å². The maximum Gasteiger partial charge on any atom is 0.338 e. The van der Waals surface area contributed by atoms with Crippen LogP contribution in [0.3, 0.4) is 0 Å². The molecule has 250 valence electrons. The van der Waals surface area contributed by atoms with Crippen molar-refractivity contribution in [2.45, 2.75) is 55.4 Å². The molecule has 0 N–H and O–H groups in total. The van der Waals surface area contributed by atoms with Crippen LogP contribution in [0.2, 0.25) is 0 Å². The minimum absolute atomic E-state index is 0.214. The van der Waals surface area contributed by atoms with E-state index < -0.39 is 23.9 Å². The van der Waals surface area contributed by atoms with E-state index in [9.17, 15) is 19.2 Å². The van der Waals surface area contributed by atoms with Crippen LogP contribution in [-0.4, -0.2) is 50.3 Å². The molecule has 0 atom stereocenters. The first kappa shape index (κ1) is 35.6. The smallest absolute Gasteiger partial charge is 0.338 e. The molecule has 8 heteroatoms. The van der Waals surface area contributed by atoms with Crippen LogP contribution in [0.4, 0.5) is 0 Å². The molecule has 48 heavy (non-hydrogen) atoms. The summed E-state index contributed by atoms with van der Waals surface area (Å²) < 4.78 is 20.9. The van der Waals surface area contributed by atoms with Gasteiger partial charge in [0.15, 0.2) is 0 Å². The predicted octanol–water partition coefficient (Wildman–Crippen LogP) is 8.63. The first-order chi connectivity index (χ1) is 22.9. The van der Waals surface area contributed by atoms with Crippen LogP contribution >= 0.6 is 0 Å². The summed E-state index contributed by atoms with van der Waals surface area (Å²) in [5.41, 5.74) is 10.2. The van der Waals surface area contributed by atoms with Crippen molar-refractivity contribution in [2.24, 2.45) is 0 Å². The van der Waals surface area contributed by atoms with Crippen molar-refractivity contribution in [2.75, 3.05) is 26.4 Å². The van der Waals surface area contributed by atoms with Gasteiger partial charge in [0.1, 0.15) is 0 Å². The van der Waals surface area contributed by atoms with Crippen LogP contribution in [0, 0.1) is 27.7 Å². The number of carbonyl (C=O) groups excluding carboxylic acids is 4. The minimum Gasteiger partial charge on any atom is -0.462 e. The van der Waals surface area contributed by atoms with Gasteiger partial charge in [-0.25, -0.2) is 19.2 Å². The highest BCUT2D eigenvalue weighted by atomic mass is 16.5. The highest BCUT2D eigenvalue weighted by Gasteiger charge is 2.20. The lowest BCUT2D eigenvalue weighted by Crippen LogP contribution is -2.10. The van der Waals surface area contributed by atoms with Crippen molar-refractivity contribution in [3.8, 4) is 33.4 Å². The highest BCUT2D eigenvalue weighted by Crippen LogP contribution is 2.37. The van der Waals surface area contributed by atoms with Gasteiger partial charge >= 0.3 is 23.9 Å². The number of hydrogen-bond donors (Lipinski definition) is 0. The number of aryl methyl sites for hydroxylation is 4. The summed E-state index contributed by atoms with van der Waals surface area (Å²) in [5, 5.41) is 0. The van der Waals surface area contributed by atoms with Crippen LogP contribution < -0.4 is 0 Å². The van der Waals surface area contributed by atoms with Gasteiger partial charge in [-0.1, -0.05) is 24.3 Å². The lowest BCUT2D eigenvalue weighted by Gasteiger charge is -2.18. The number of ether oxygens (including phenoxy) is 4. The number of benzene rings is 4. The average molecular weight is 651 g/mol. The molecule has 0 fully saturated rings. The largest absolute Gasteiger partial charge is 0.462 e. The Labute approximate surface area is 282 Å². The lowest BCUT2D eigenvalue weighted by atomic mass is 9.87. The van der Waals surface area contributed by atoms with Gasteiger partial charge in [-0.05, 0) is 147 Å². The van der Waals surface area contributed by atoms with Gasteiger partial charge in [0.05, 0.1) is 48.7 Å². The highest BCUT2D eigenvalue weighted by molar-refractivity contribution is 5.99. The fourth-order valence-corrected chi connectivity index (χ4v) is 6.04. The van der Waals surface area contributed by atoms with Crippen LogP contribution in [0.15, 0.2) is 60.7 Å². The Kier molecular flexibility index (Phi) is 11.5. The van der Waals surface area contributed by atoms with Crippen molar-refractivity contribution in [3.63, 3.8) is 0 Å². The van der Waals surface area contributed by atoms with E-state index in [0.717, 1.165) is 44.5 Å². The molecule has 0 aliphatic carbocycles. The second kappa shape index (κ2) is 15.6. The molecular weight excluding hydrogens is 608 g/mol. The Morgan fingerprint density at radius 3 is 0.812 bits per heavy atom. The Balaban J connectivity index is 1.80. The zero-order chi connectivity index (χ0) is 35.1. The van der Waals surface area contributed by atoms with Gasteiger partial charge < -0.3 is 18.9 Å². The van der Waals surface area contributed by atoms with Crippen molar-refractivity contribution in [3.05, 3.63) is 105 Å². The van der Waals surface area contributed by atoms with Crippen molar-refractivity contribution in [1.82, 2.24) is 0 Å². The molecule has 0 saturated carbocycles. The fourth-order valence-electron chi connectivity index (χ4n) is 6.04. The summed E-state index contributed by atoms with van der Waals surface area (Å²) in [7, 11) is 0. The summed E-state index contributed by atoms with van der Waals surface area (Å²) in [4.78, 5) is 50.8. The van der Waals surface area contributed by atoms with Gasteiger partial charge in [0.25, 0.3) is 0 Å². The number of rotatable bonds is 11. The molecule has 0 heterocycles. The van der Waals surface area contributed by atoms with Crippen molar-refractivity contribution < 1.29 is 38.1 Å². The number of esters is 4. The predicted molar refractivity (Wildman–Crippen MR) is 186 cm³/mol. The van der Waals surface area contributed by atoms with Crippen LogP contribution in [-0.2, 0) is 18.9 Å². The van der Waals surface area contributed by atoms with E-state index in [4.69, 9.17) is 18.9 Å². The van der Waals surface area contributed by atoms with E-state index in [1.165, 1.54) is 12.1 Å². The van der Waals surface area contributed by atoms with Gasteiger partial charge in [-0.2, -0.15) is 0 Å². The molecule has 0 unspecified atom stereocenters. The van der Waals surface area contributed by atoms with Crippen molar-refractivity contribution >= 4 is 23.9 Å². The van der Waals surface area contributed by atoms with E-state index in [1.54, 1.807) is 52.0 Å². The molecule has 0 amide bonds. The van der Waals surface area contributed by atoms with E-state index in [-0.39, 0.29) is 48.7 Å². The Hall–Kier alpha value is -5.24. The maximum absolute atomic E-state index is 12.7. The third-order valence-electron chi connectivity index (χ3n) is 7.89. The van der Waals surface area contributed by atoms with Gasteiger partial charge in [-0.15, -0.1) is 0 Å². The number of carbonyl (C=O) groups is 4. The third kappa shape index (κ3) is 7.82. The summed E-state index contributed by atoms with van der Waals surface area (Å²) in [6.07, 6.45) is 0. The molecule has 0 aliphatic rings. The van der Waals surface area contributed by atoms with Crippen LogP contribution in [0.1, 0.15) is 91.4 Å². The number of hydrogen-bond acceptors (Lipinski definition) is 8. The Bertz CT molecular complexity index is 1630. The molecular formula is C40H42O8. The standard InChI is InChI=1S/C40H42O8/c1-9-45-37(41)31-17-29(18-32(21-31)38(42)46-10-2)35-23(5)13-27(14-24(35)6)28-15-25(7)36(26(8)16-28)30-19-33(39(43)47-11-3)22-34(20-30)40(44)48-12-4/h13-22H,9-12H2,1-8H3. The second-order valence-electron chi connectivity index (χ2n) is 11.5. The quantitative estimate of drug-likeness (QED) is 0.117. The summed E-state index contributed by atoms with van der Waals surface area (Å²) in [6, 6.07) is 18.3. The van der Waals surface area contributed by atoms with E-state index >= 15 is 0 Å². The molecule has 4 aromatic carbocycles. The SMILES string of the molecule is CCOC(=O)c1cc(C(=O)OCC)cc(-c2c(C)cc(-c3cc(C)c(-c4cc(C(=O)OCC)cc(C(=O)OCC)c4)c(C)c3)cc2C)c1. The fraction of sp³-hybridized carbons (Fsp3) is 0.300. The molecule has 0 aromatic heterocycles. The second-order valence-corrected chi connectivity index (χ2v) is 11.5.